The summed E-state index contributed by atoms with van der Waals surface area (Å²) in [4.78, 5) is 277. The molecule has 0 spiro atoms. The van der Waals surface area contributed by atoms with Crippen LogP contribution in [0, 0.1) is 11.8 Å². The molecule has 1 fully saturated rings. The average Bonchev–Trinajstić information content (AvgIpc) is 1.74. The first-order chi connectivity index (χ1) is 54.0. The van der Waals surface area contributed by atoms with Crippen LogP contribution in [0.4, 0.5) is 0 Å². The van der Waals surface area contributed by atoms with E-state index in [4.69, 9.17) is 32.4 Å². The van der Waals surface area contributed by atoms with Crippen LogP contribution in [-0.2, 0) is 112 Å². The standard InChI is InChI=1S/C71H108N18O26/c1-9-34(4)18-12-10-11-13-22-48(92)79-42(26-37-30-76-39-20-15-14-19-38(37)39)63(104)84-44(28-47(74)91)66(107)87-55(57(99)59(75)100)68(109)86-54-36(6)115-71(113)53(33(2)3)85-62(103)41(23-24-51(95)96)82-64(105)43(27-46(73)90)80-49(93)31-77-67(108)56(58(114-8)70(111)112)88-61(102)40(21-16-17-25-72)81-65(106)45(29-52(97)98)83-60(101)35(5)78-50(94)32-89(7)69(54)110/h14-15,19-20,30,33-36,40-45,53-58,76,99H,9-13,16-18,21-29,31-32,72H2,1-8H3,(H2,73,90)(H2,74,91)(H2,75,100)(H,77,108)(H,78,94)(H,79,92)(H,80,93)(H,81,106)(H,82,105)(H,83,101)(H,84,104)(H,85,103)(H,86,109)(H,87,107)(H,88,102)(H,95,96)(H,97,98)(H,111,112). The number of fused-ring (bicyclic) bond motifs is 1. The van der Waals surface area contributed by atoms with Gasteiger partial charge in [0.05, 0.1) is 32.4 Å². The molecule has 1 aliphatic heterocycles. The number of methoxy groups -OCH3 is 1. The summed E-state index contributed by atoms with van der Waals surface area (Å²) in [5, 5.41) is 67.9. The number of H-pyrrole nitrogens is 1. The van der Waals surface area contributed by atoms with Gasteiger partial charge in [-0.25, -0.2) is 9.59 Å². The van der Waals surface area contributed by atoms with Crippen molar-refractivity contribution in [2.45, 2.75) is 229 Å². The molecule has 1 aliphatic rings. The number of unbranched alkanes of at least 4 members (excludes halogenated alkanes) is 4. The Balaban J connectivity index is 2.24. The number of esters is 1. The number of nitrogens with one attached hydrogen (secondary N) is 13. The molecule has 0 aliphatic carbocycles. The summed E-state index contributed by atoms with van der Waals surface area (Å²) in [5.74, 6) is -28.9. The van der Waals surface area contributed by atoms with Gasteiger partial charge >= 0.3 is 23.9 Å². The lowest BCUT2D eigenvalue weighted by Crippen LogP contribution is -2.64. The van der Waals surface area contributed by atoms with Crippen LogP contribution in [0.2, 0.25) is 0 Å². The first-order valence-corrected chi connectivity index (χ1v) is 37.1. The summed E-state index contributed by atoms with van der Waals surface area (Å²) < 4.78 is 10.7. The number of rotatable bonds is 36. The number of aromatic nitrogens is 1. The van der Waals surface area contributed by atoms with Crippen LogP contribution in [0.15, 0.2) is 30.5 Å². The zero-order valence-corrected chi connectivity index (χ0v) is 65.1. The van der Waals surface area contributed by atoms with E-state index in [1.54, 1.807) is 30.5 Å². The summed E-state index contributed by atoms with van der Waals surface area (Å²) in [6.45, 7) is 6.43. The Bertz CT molecular complexity index is 3840. The zero-order chi connectivity index (χ0) is 86.7. The monoisotopic (exact) mass is 1630 g/mol. The Labute approximate surface area is 660 Å². The molecule has 1 aromatic carbocycles. The second-order valence-electron chi connectivity index (χ2n) is 28.0. The number of aliphatic carboxylic acids is 3. The fraction of sp³-hybridized carbons (Fsp3) is 0.606. The molecule has 1 saturated heterocycles. The minimum Gasteiger partial charge on any atom is -0.481 e. The van der Waals surface area contributed by atoms with Crippen LogP contribution in [0.5, 0.6) is 0 Å². The van der Waals surface area contributed by atoms with Crippen molar-refractivity contribution in [1.82, 2.24) is 73.7 Å². The molecule has 44 nitrogen and oxygen atoms in total. The highest BCUT2D eigenvalue weighted by Crippen LogP contribution is 2.21. The third-order valence-electron chi connectivity index (χ3n) is 18.3. The van der Waals surface area contributed by atoms with Gasteiger partial charge < -0.3 is 127 Å². The molecule has 16 amide bonds. The number of para-hydroxylation sites is 1. The molecule has 1 aromatic heterocycles. The third-order valence-corrected chi connectivity index (χ3v) is 18.3. The van der Waals surface area contributed by atoms with Crippen molar-refractivity contribution >= 4 is 129 Å². The highest BCUT2D eigenvalue weighted by Gasteiger charge is 2.44. The molecule has 25 N–H and O–H groups in total. The number of amides is 16. The SMILES string of the molecule is CCC(C)CCCCCCC(=O)NC(Cc1c[nH]c2ccccc12)C(=O)NC(CC(N)=O)C(=O)NC(C(=O)NC1C(=O)N(C)CC(=O)NC(C)C(=O)NC(CC(=O)O)C(=O)NC(CCCCN)C(=O)NC(C(OC)C(=O)O)C(=O)NCC(=O)NC(CC(N)=O)C(=O)NC(CCC(=O)O)C(=O)NC(C(C)C)C(=O)OC1C)C(O)C(N)=O. The third kappa shape index (κ3) is 33.0. The predicted octanol–water partition coefficient (Wildman–Crippen LogP) is -7.21. The number of nitrogens with zero attached hydrogens (tertiary/aromatic N) is 1. The second-order valence-corrected chi connectivity index (χ2v) is 28.0. The normalized spacial score (nSPS) is 21.9. The topological polar surface area (TPSA) is 708 Å². The van der Waals surface area contributed by atoms with Crippen LogP contribution in [0.1, 0.15) is 143 Å². The van der Waals surface area contributed by atoms with Crippen molar-refractivity contribution in [3.8, 4) is 0 Å². The predicted molar refractivity (Wildman–Crippen MR) is 400 cm³/mol. The Kier molecular flexibility index (Phi) is 40.7. The fourth-order valence-electron chi connectivity index (χ4n) is 11.7. The number of aromatic amines is 1. The maximum absolute atomic E-state index is 14.9. The van der Waals surface area contributed by atoms with E-state index in [-0.39, 0.29) is 38.6 Å². The second kappa shape index (κ2) is 48.2. The number of likely N-dealkylation sites (N-methyl/N-ethyl adjacent to an activating group) is 1. The van der Waals surface area contributed by atoms with Gasteiger partial charge in [0.2, 0.25) is 94.5 Å². The van der Waals surface area contributed by atoms with Gasteiger partial charge in [0, 0.05) is 50.5 Å². The highest BCUT2D eigenvalue weighted by atomic mass is 16.5. The molecule has 0 radical (unpaired) electrons. The Morgan fingerprint density at radius 3 is 1.80 bits per heavy atom. The number of aliphatic hydroxyl groups is 1. The number of carboxylic acid groups (broad SMARTS) is 3. The number of carboxylic acids is 3. The van der Waals surface area contributed by atoms with E-state index in [2.05, 4.69) is 72.0 Å². The molecule has 2 heterocycles. The minimum atomic E-state index is -2.80. The summed E-state index contributed by atoms with van der Waals surface area (Å²) in [6, 6.07) is -15.8. The van der Waals surface area contributed by atoms with E-state index in [9.17, 15) is 116 Å². The molecular formula is C71H108N18O26. The molecule has 115 heavy (non-hydrogen) atoms. The lowest BCUT2D eigenvalue weighted by atomic mass is 10.00. The van der Waals surface area contributed by atoms with Gasteiger partial charge in [-0.1, -0.05) is 78.0 Å². The first kappa shape index (κ1) is 97.2. The van der Waals surface area contributed by atoms with Crippen molar-refractivity contribution in [1.29, 1.82) is 0 Å². The fourth-order valence-corrected chi connectivity index (χ4v) is 11.7. The zero-order valence-electron chi connectivity index (χ0n) is 65.1. The van der Waals surface area contributed by atoms with Crippen molar-refractivity contribution in [2.75, 3.05) is 33.8 Å². The van der Waals surface area contributed by atoms with Gasteiger partial charge in [0.1, 0.15) is 72.6 Å². The molecule has 0 bridgehead atoms. The maximum atomic E-state index is 14.9. The number of cyclic esters (lactones) is 1. The number of nitrogens with two attached hydrogens (primary N) is 4. The van der Waals surface area contributed by atoms with E-state index in [0.29, 0.717) is 40.1 Å². The lowest BCUT2D eigenvalue weighted by molar-refractivity contribution is -0.159. The number of benzene rings is 1. The molecule has 638 valence electrons. The van der Waals surface area contributed by atoms with E-state index < -0.39 is 254 Å². The Morgan fingerprint density at radius 2 is 1.23 bits per heavy atom. The van der Waals surface area contributed by atoms with Crippen LogP contribution >= 0.6 is 0 Å². The number of carbonyl (C=O) groups is 20. The van der Waals surface area contributed by atoms with Crippen LogP contribution in [-0.4, -0.2) is 267 Å². The Hall–Kier alpha value is -12.0. The average molecular weight is 1630 g/mol. The van der Waals surface area contributed by atoms with Crippen molar-refractivity contribution < 1.29 is 126 Å². The van der Waals surface area contributed by atoms with Gasteiger partial charge in [0.15, 0.2) is 12.2 Å². The van der Waals surface area contributed by atoms with Gasteiger partial charge in [0.25, 0.3) is 0 Å². The number of hydrogen-bond donors (Lipinski definition) is 21. The largest absolute Gasteiger partial charge is 0.481 e. The number of primary amides is 3. The molecule has 15 unspecified atom stereocenters. The maximum Gasteiger partial charge on any atom is 0.335 e. The number of carbonyl (C=O) groups excluding carboxylic acids is 17. The Morgan fingerprint density at radius 1 is 0.635 bits per heavy atom. The van der Waals surface area contributed by atoms with Crippen LogP contribution in [0.25, 0.3) is 10.9 Å². The molecule has 2 aromatic rings. The molecule has 44 heteroatoms. The number of hydrogen-bond acceptors (Lipinski definition) is 24. The van der Waals surface area contributed by atoms with Gasteiger partial charge in [-0.2, -0.15) is 0 Å². The minimum absolute atomic E-state index is 0.00737. The van der Waals surface area contributed by atoms with Crippen molar-refractivity contribution in [3.05, 3.63) is 36.0 Å². The highest BCUT2D eigenvalue weighted by molar-refractivity contribution is 6.03. The summed E-state index contributed by atoms with van der Waals surface area (Å²) >= 11 is 0. The van der Waals surface area contributed by atoms with Gasteiger partial charge in [-0.05, 0) is 76.0 Å². The quantitative estimate of drug-likeness (QED) is 0.0223. The van der Waals surface area contributed by atoms with Crippen LogP contribution < -0.4 is 86.7 Å². The smallest absolute Gasteiger partial charge is 0.335 e. The summed E-state index contributed by atoms with van der Waals surface area (Å²) in [6.07, 6.45) is -6.25. The van der Waals surface area contributed by atoms with E-state index in [0.717, 1.165) is 53.7 Å². The number of ether oxygens (including phenoxy) is 2. The number of aliphatic hydroxyl groups excluding tert-OH is 1. The first-order valence-electron chi connectivity index (χ1n) is 37.1. The van der Waals surface area contributed by atoms with E-state index >= 15 is 0 Å². The van der Waals surface area contributed by atoms with Gasteiger partial charge in [-0.15, -0.1) is 0 Å². The summed E-state index contributed by atoms with van der Waals surface area (Å²) in [5.41, 5.74) is 23.3. The molecule has 3 rings (SSSR count). The van der Waals surface area contributed by atoms with E-state index in [1.165, 1.54) is 13.8 Å². The van der Waals surface area contributed by atoms with Crippen LogP contribution in [0.3, 0.4) is 0 Å². The van der Waals surface area contributed by atoms with Crippen molar-refractivity contribution in [2.24, 2.45) is 34.8 Å². The van der Waals surface area contributed by atoms with Gasteiger partial charge in [-0.3, -0.25) is 86.3 Å². The molecule has 0 saturated carbocycles. The van der Waals surface area contributed by atoms with E-state index in [1.807, 2.05) is 10.6 Å². The lowest BCUT2D eigenvalue weighted by Gasteiger charge is -2.32. The molecule has 15 atom stereocenters. The van der Waals surface area contributed by atoms with Crippen molar-refractivity contribution in [3.63, 3.8) is 0 Å². The summed E-state index contributed by atoms with van der Waals surface area (Å²) in [7, 11) is 1.70. The molecular weight excluding hydrogens is 1520 g/mol.